The first-order valence-electron chi connectivity index (χ1n) is 9.14. The van der Waals surface area contributed by atoms with E-state index in [1.807, 2.05) is 0 Å². The fourth-order valence-corrected chi connectivity index (χ4v) is 5.08. The van der Waals surface area contributed by atoms with Crippen molar-refractivity contribution in [3.63, 3.8) is 0 Å². The van der Waals surface area contributed by atoms with Crippen LogP contribution < -0.4 is 14.8 Å². The van der Waals surface area contributed by atoms with Crippen LogP contribution in [-0.2, 0) is 14.8 Å². The van der Waals surface area contributed by atoms with Gasteiger partial charge < -0.3 is 14.8 Å². The molecule has 0 bridgehead atoms. The van der Waals surface area contributed by atoms with Gasteiger partial charge in [-0.05, 0) is 25.0 Å². The second-order valence-electron chi connectivity index (χ2n) is 6.69. The first-order chi connectivity index (χ1) is 13.9. The summed E-state index contributed by atoms with van der Waals surface area (Å²) >= 11 is 6.10. The van der Waals surface area contributed by atoms with Gasteiger partial charge in [0.05, 0.1) is 35.7 Å². The lowest BCUT2D eigenvalue weighted by Crippen LogP contribution is -2.43. The molecule has 1 saturated heterocycles. The highest BCUT2D eigenvalue weighted by atomic mass is 35.5. The van der Waals surface area contributed by atoms with E-state index in [9.17, 15) is 13.2 Å². The summed E-state index contributed by atoms with van der Waals surface area (Å²) in [6.45, 7) is 0.509. The summed E-state index contributed by atoms with van der Waals surface area (Å²) in [5.74, 6) is 0.0441. The van der Waals surface area contributed by atoms with Crippen LogP contribution >= 0.6 is 11.6 Å². The van der Waals surface area contributed by atoms with Gasteiger partial charge in [0, 0.05) is 25.2 Å². The van der Waals surface area contributed by atoms with E-state index < -0.39 is 15.9 Å². The van der Waals surface area contributed by atoms with Crippen molar-refractivity contribution < 1.29 is 22.7 Å². The molecular weight excluding hydrogens is 416 g/mol. The molecule has 156 valence electrons. The first-order valence-corrected chi connectivity index (χ1v) is 11.0. The number of hydrogen-bond donors (Lipinski definition) is 1. The molecule has 3 rings (SSSR count). The SMILES string of the molecule is COc1cc(NC(=O)[C@@H]2CCCN(S(=O)(=O)c3ccccc3)C2)c(OC)cc1Cl. The van der Waals surface area contributed by atoms with Crippen molar-refractivity contribution in [2.24, 2.45) is 5.92 Å². The highest BCUT2D eigenvalue weighted by Gasteiger charge is 2.33. The molecule has 2 aromatic carbocycles. The number of carbonyl (C=O) groups is 1. The topological polar surface area (TPSA) is 84.9 Å². The number of nitrogens with one attached hydrogen (secondary N) is 1. The molecule has 9 heteroatoms. The van der Waals surface area contributed by atoms with Crippen LogP contribution in [0.5, 0.6) is 11.5 Å². The Morgan fingerprint density at radius 2 is 1.83 bits per heavy atom. The largest absolute Gasteiger partial charge is 0.495 e. The molecule has 1 N–H and O–H groups in total. The summed E-state index contributed by atoms with van der Waals surface area (Å²) in [5.41, 5.74) is 0.418. The Balaban J connectivity index is 1.77. The summed E-state index contributed by atoms with van der Waals surface area (Å²) < 4.78 is 37.6. The highest BCUT2D eigenvalue weighted by Crippen LogP contribution is 2.36. The Hall–Kier alpha value is -2.29. The maximum atomic E-state index is 12.9. The van der Waals surface area contributed by atoms with E-state index in [4.69, 9.17) is 21.1 Å². The van der Waals surface area contributed by atoms with E-state index in [-0.39, 0.29) is 17.3 Å². The summed E-state index contributed by atoms with van der Waals surface area (Å²) in [5, 5.41) is 3.18. The summed E-state index contributed by atoms with van der Waals surface area (Å²) in [7, 11) is -0.686. The van der Waals surface area contributed by atoms with Gasteiger partial charge in [0.2, 0.25) is 15.9 Å². The van der Waals surface area contributed by atoms with Crippen molar-refractivity contribution in [1.82, 2.24) is 4.31 Å². The summed E-state index contributed by atoms with van der Waals surface area (Å²) in [6.07, 6.45) is 1.20. The molecule has 0 radical (unpaired) electrons. The maximum Gasteiger partial charge on any atom is 0.243 e. The smallest absolute Gasteiger partial charge is 0.243 e. The van der Waals surface area contributed by atoms with Gasteiger partial charge in [-0.15, -0.1) is 0 Å². The van der Waals surface area contributed by atoms with Crippen molar-refractivity contribution >= 4 is 33.2 Å². The third-order valence-corrected chi connectivity index (χ3v) is 7.04. The molecule has 1 fully saturated rings. The van der Waals surface area contributed by atoms with E-state index in [0.29, 0.717) is 41.6 Å². The van der Waals surface area contributed by atoms with Gasteiger partial charge in [0.15, 0.2) is 0 Å². The van der Waals surface area contributed by atoms with Crippen LogP contribution in [0.3, 0.4) is 0 Å². The average Bonchev–Trinajstić information content (AvgIpc) is 2.75. The second-order valence-corrected chi connectivity index (χ2v) is 9.04. The van der Waals surface area contributed by atoms with Crippen molar-refractivity contribution in [2.45, 2.75) is 17.7 Å². The van der Waals surface area contributed by atoms with E-state index in [1.54, 1.807) is 42.5 Å². The van der Waals surface area contributed by atoms with Gasteiger partial charge in [0.25, 0.3) is 0 Å². The van der Waals surface area contributed by atoms with Gasteiger partial charge in [-0.25, -0.2) is 8.42 Å². The number of hydrogen-bond acceptors (Lipinski definition) is 5. The van der Waals surface area contributed by atoms with Crippen LogP contribution in [0.2, 0.25) is 5.02 Å². The molecule has 0 saturated carbocycles. The zero-order valence-corrected chi connectivity index (χ0v) is 17.8. The Kier molecular flexibility index (Phi) is 6.66. The molecule has 29 heavy (non-hydrogen) atoms. The predicted molar refractivity (Wildman–Crippen MR) is 111 cm³/mol. The predicted octanol–water partition coefficient (Wildman–Crippen LogP) is 3.40. The number of amides is 1. The van der Waals surface area contributed by atoms with Gasteiger partial charge in [-0.2, -0.15) is 4.31 Å². The molecule has 0 aliphatic carbocycles. The number of anilines is 1. The van der Waals surface area contributed by atoms with Crippen LogP contribution in [0.1, 0.15) is 12.8 Å². The fourth-order valence-electron chi connectivity index (χ4n) is 3.31. The Morgan fingerprint density at radius 1 is 1.14 bits per heavy atom. The number of sulfonamides is 1. The van der Waals surface area contributed by atoms with Crippen LogP contribution in [0.15, 0.2) is 47.4 Å². The van der Waals surface area contributed by atoms with Crippen LogP contribution in [0.4, 0.5) is 5.69 Å². The number of halogens is 1. The maximum absolute atomic E-state index is 12.9. The minimum absolute atomic E-state index is 0.121. The molecule has 2 aromatic rings. The molecule has 1 aliphatic rings. The van der Waals surface area contributed by atoms with Crippen molar-refractivity contribution in [3.8, 4) is 11.5 Å². The lowest BCUT2D eigenvalue weighted by atomic mass is 9.98. The van der Waals surface area contributed by atoms with Crippen LogP contribution in [-0.4, -0.2) is 45.9 Å². The average molecular weight is 439 g/mol. The molecule has 1 aliphatic heterocycles. The number of rotatable bonds is 6. The van der Waals surface area contributed by atoms with Gasteiger partial charge in [-0.1, -0.05) is 29.8 Å². The number of piperidine rings is 1. The molecule has 1 heterocycles. The fraction of sp³-hybridized carbons (Fsp3) is 0.350. The third-order valence-electron chi connectivity index (χ3n) is 4.87. The van der Waals surface area contributed by atoms with Gasteiger partial charge in [-0.3, -0.25) is 4.79 Å². The first kappa shape index (κ1) is 21.4. The molecule has 1 atom stereocenters. The van der Waals surface area contributed by atoms with Crippen molar-refractivity contribution in [2.75, 3.05) is 32.6 Å². The van der Waals surface area contributed by atoms with Crippen molar-refractivity contribution in [1.29, 1.82) is 0 Å². The lowest BCUT2D eigenvalue weighted by Gasteiger charge is -2.31. The number of methoxy groups -OCH3 is 2. The zero-order chi connectivity index (χ0) is 21.0. The Labute approximate surface area is 175 Å². The van der Waals surface area contributed by atoms with Gasteiger partial charge in [0.1, 0.15) is 11.5 Å². The van der Waals surface area contributed by atoms with E-state index in [1.165, 1.54) is 18.5 Å². The quantitative estimate of drug-likeness (QED) is 0.747. The molecular formula is C20H23ClN2O5S. The van der Waals surface area contributed by atoms with E-state index in [0.717, 1.165) is 0 Å². The molecule has 1 amide bonds. The minimum Gasteiger partial charge on any atom is -0.495 e. The van der Waals surface area contributed by atoms with Gasteiger partial charge >= 0.3 is 0 Å². The number of nitrogens with zero attached hydrogens (tertiary/aromatic N) is 1. The molecule has 7 nitrogen and oxygen atoms in total. The van der Waals surface area contributed by atoms with Crippen LogP contribution in [0.25, 0.3) is 0 Å². The third kappa shape index (κ3) is 4.66. The minimum atomic E-state index is -3.64. The summed E-state index contributed by atoms with van der Waals surface area (Å²) in [6, 6.07) is 11.4. The highest BCUT2D eigenvalue weighted by molar-refractivity contribution is 7.89. The number of ether oxygens (including phenoxy) is 2. The zero-order valence-electron chi connectivity index (χ0n) is 16.2. The second kappa shape index (κ2) is 9.02. The number of carbonyl (C=O) groups excluding carboxylic acids is 1. The molecule has 0 spiro atoms. The lowest BCUT2D eigenvalue weighted by molar-refractivity contribution is -0.120. The Bertz CT molecular complexity index is 982. The normalized spacial score (nSPS) is 17.6. The standard InChI is InChI=1S/C20H23ClN2O5S/c1-27-18-12-17(19(28-2)11-16(18)21)22-20(24)14-7-6-10-23(13-14)29(25,26)15-8-4-3-5-9-15/h3-5,8-9,11-12,14H,6-7,10,13H2,1-2H3,(H,22,24)/t14-/m1/s1. The molecule has 0 unspecified atom stereocenters. The number of benzene rings is 2. The van der Waals surface area contributed by atoms with Crippen LogP contribution in [0, 0.1) is 5.92 Å². The van der Waals surface area contributed by atoms with E-state index in [2.05, 4.69) is 5.32 Å². The Morgan fingerprint density at radius 3 is 2.48 bits per heavy atom. The molecule has 0 aromatic heterocycles. The van der Waals surface area contributed by atoms with Crippen molar-refractivity contribution in [3.05, 3.63) is 47.5 Å². The summed E-state index contributed by atoms with van der Waals surface area (Å²) in [4.78, 5) is 13.1. The van der Waals surface area contributed by atoms with E-state index >= 15 is 0 Å². The monoisotopic (exact) mass is 438 g/mol.